The van der Waals surface area contributed by atoms with Gasteiger partial charge in [-0.1, -0.05) is 0 Å². The van der Waals surface area contributed by atoms with Crippen molar-refractivity contribution >= 4 is 12.0 Å². The molecule has 2 fully saturated rings. The van der Waals surface area contributed by atoms with Crippen LogP contribution in [-0.4, -0.2) is 80.0 Å². The summed E-state index contributed by atoms with van der Waals surface area (Å²) in [5.74, 6) is -0.834. The molecule has 1 N–H and O–H groups in total. The van der Waals surface area contributed by atoms with Gasteiger partial charge in [0.1, 0.15) is 0 Å². The smallest absolute Gasteiger partial charge is 0.320 e. The van der Waals surface area contributed by atoms with Crippen LogP contribution in [0.2, 0.25) is 0 Å². The average Bonchev–Trinajstić information content (AvgIpc) is 2.53. The Labute approximate surface area is 124 Å². The number of hydrogen-bond donors (Lipinski definition) is 1. The van der Waals surface area contributed by atoms with Crippen molar-refractivity contribution in [1.82, 2.24) is 9.80 Å². The molecule has 0 unspecified atom stereocenters. The molecule has 2 rings (SSSR count). The second-order valence-electron chi connectivity index (χ2n) is 5.74. The normalized spacial score (nSPS) is 26.7. The van der Waals surface area contributed by atoms with E-state index in [0.29, 0.717) is 58.7 Å². The van der Waals surface area contributed by atoms with Crippen molar-refractivity contribution in [2.75, 3.05) is 53.1 Å². The summed E-state index contributed by atoms with van der Waals surface area (Å²) in [6.45, 7) is 3.54. The minimum Gasteiger partial charge on any atom is -0.481 e. The third-order valence-electron chi connectivity index (χ3n) is 4.37. The predicted octanol–water partition coefficient (Wildman–Crippen LogP) is 0.642. The van der Waals surface area contributed by atoms with Crippen LogP contribution < -0.4 is 0 Å². The number of carbonyl (C=O) groups excluding carboxylic acids is 1. The van der Waals surface area contributed by atoms with Crippen LogP contribution in [0.1, 0.15) is 19.3 Å². The highest BCUT2D eigenvalue weighted by molar-refractivity contribution is 5.79. The number of morpholine rings is 1. The van der Waals surface area contributed by atoms with Crippen LogP contribution in [0.3, 0.4) is 0 Å². The fourth-order valence-corrected chi connectivity index (χ4v) is 3.03. The number of rotatable bonds is 4. The van der Waals surface area contributed by atoms with Gasteiger partial charge in [0.05, 0.1) is 18.6 Å². The molecule has 7 heteroatoms. The molecule has 2 aliphatic heterocycles. The highest BCUT2D eigenvalue weighted by Gasteiger charge is 2.44. The first-order chi connectivity index (χ1) is 10.1. The largest absolute Gasteiger partial charge is 0.481 e. The van der Waals surface area contributed by atoms with Crippen LogP contribution >= 0.6 is 0 Å². The zero-order valence-corrected chi connectivity index (χ0v) is 12.5. The maximum atomic E-state index is 12.5. The molecule has 0 radical (unpaired) electrons. The zero-order chi connectivity index (χ0) is 15.3. The fourth-order valence-electron chi connectivity index (χ4n) is 3.03. The Hall–Kier alpha value is -1.34. The summed E-state index contributed by atoms with van der Waals surface area (Å²) in [6.07, 6.45) is 1.75. The number of urea groups is 1. The molecule has 0 aliphatic carbocycles. The molecule has 2 heterocycles. The van der Waals surface area contributed by atoms with Crippen molar-refractivity contribution in [3.8, 4) is 0 Å². The topological polar surface area (TPSA) is 79.3 Å². The van der Waals surface area contributed by atoms with Gasteiger partial charge in [-0.2, -0.15) is 0 Å². The molecule has 120 valence electrons. The van der Waals surface area contributed by atoms with Crippen molar-refractivity contribution in [3.05, 3.63) is 0 Å². The Bertz CT molecular complexity index is 384. The summed E-state index contributed by atoms with van der Waals surface area (Å²) >= 11 is 0. The molecule has 0 bridgehead atoms. The van der Waals surface area contributed by atoms with Crippen LogP contribution in [-0.2, 0) is 14.3 Å². The van der Waals surface area contributed by atoms with E-state index in [-0.39, 0.29) is 12.6 Å². The maximum absolute atomic E-state index is 12.5. The number of carbonyl (C=O) groups is 2. The first-order valence-corrected chi connectivity index (χ1v) is 7.43. The summed E-state index contributed by atoms with van der Waals surface area (Å²) in [4.78, 5) is 27.6. The maximum Gasteiger partial charge on any atom is 0.320 e. The van der Waals surface area contributed by atoms with E-state index in [1.165, 1.54) is 0 Å². The number of aliphatic carboxylic acids is 1. The van der Waals surface area contributed by atoms with Crippen LogP contribution in [0.5, 0.6) is 0 Å². The van der Waals surface area contributed by atoms with Crippen molar-refractivity contribution < 1.29 is 24.2 Å². The summed E-state index contributed by atoms with van der Waals surface area (Å²) < 4.78 is 10.3. The summed E-state index contributed by atoms with van der Waals surface area (Å²) in [5, 5.41) is 9.60. The number of ether oxygens (including phenoxy) is 2. The molecule has 2 aliphatic rings. The molecular weight excluding hydrogens is 276 g/mol. The van der Waals surface area contributed by atoms with Crippen LogP contribution in [0, 0.1) is 5.41 Å². The minimum atomic E-state index is -0.879. The molecule has 2 amide bonds. The summed E-state index contributed by atoms with van der Waals surface area (Å²) in [5.41, 5.74) is -0.879. The summed E-state index contributed by atoms with van der Waals surface area (Å²) in [7, 11) is 1.56. The highest BCUT2D eigenvalue weighted by Crippen LogP contribution is 2.34. The first kappa shape index (κ1) is 16.0. The van der Waals surface area contributed by atoms with Gasteiger partial charge in [-0.25, -0.2) is 4.79 Å². The Morgan fingerprint density at radius 3 is 2.57 bits per heavy atom. The lowest BCUT2D eigenvalue weighted by atomic mass is 9.77. The van der Waals surface area contributed by atoms with Gasteiger partial charge in [0.25, 0.3) is 0 Å². The predicted molar refractivity (Wildman–Crippen MR) is 75.2 cm³/mol. The highest BCUT2D eigenvalue weighted by atomic mass is 16.5. The third-order valence-corrected chi connectivity index (χ3v) is 4.37. The van der Waals surface area contributed by atoms with Crippen LogP contribution in [0.25, 0.3) is 0 Å². The SMILES string of the molecule is COCC[C@]1(C(=O)O)CCCN(C(=O)N2CCOCC2)C1. The number of piperidine rings is 1. The fraction of sp³-hybridized carbons (Fsp3) is 0.857. The van der Waals surface area contributed by atoms with Crippen molar-refractivity contribution in [3.63, 3.8) is 0 Å². The molecule has 2 saturated heterocycles. The molecule has 1 atom stereocenters. The zero-order valence-electron chi connectivity index (χ0n) is 12.5. The van der Waals surface area contributed by atoms with Crippen molar-refractivity contribution in [1.29, 1.82) is 0 Å². The second-order valence-corrected chi connectivity index (χ2v) is 5.74. The molecule has 7 nitrogen and oxygen atoms in total. The standard InChI is InChI=1S/C14H24N2O5/c1-20-8-4-14(12(17)18)3-2-5-16(11-14)13(19)15-6-9-21-10-7-15/h2-11H2,1H3,(H,17,18)/t14-/m1/s1. The number of nitrogens with zero attached hydrogens (tertiary/aromatic N) is 2. The Kier molecular flexibility index (Phi) is 5.41. The summed E-state index contributed by atoms with van der Waals surface area (Å²) in [6, 6.07) is -0.0685. The van der Waals surface area contributed by atoms with E-state index in [0.717, 1.165) is 0 Å². The van der Waals surface area contributed by atoms with Gasteiger partial charge in [0, 0.05) is 39.9 Å². The van der Waals surface area contributed by atoms with E-state index in [1.807, 2.05) is 0 Å². The Balaban J connectivity index is 2.03. The number of amides is 2. The Morgan fingerprint density at radius 1 is 1.24 bits per heavy atom. The Morgan fingerprint density at radius 2 is 1.95 bits per heavy atom. The third kappa shape index (κ3) is 3.65. The van der Waals surface area contributed by atoms with Gasteiger partial charge >= 0.3 is 12.0 Å². The molecular formula is C14H24N2O5. The molecule has 0 aromatic rings. The minimum absolute atomic E-state index is 0.0685. The molecule has 0 aromatic carbocycles. The lowest BCUT2D eigenvalue weighted by Gasteiger charge is -2.42. The van der Waals surface area contributed by atoms with Gasteiger partial charge < -0.3 is 24.4 Å². The van der Waals surface area contributed by atoms with Gasteiger partial charge in [0.15, 0.2) is 0 Å². The lowest BCUT2D eigenvalue weighted by Crippen LogP contribution is -2.55. The molecule has 0 saturated carbocycles. The van der Waals surface area contributed by atoms with Gasteiger partial charge in [-0.3, -0.25) is 4.79 Å². The van der Waals surface area contributed by atoms with Crippen molar-refractivity contribution in [2.45, 2.75) is 19.3 Å². The number of hydrogen-bond acceptors (Lipinski definition) is 4. The van der Waals surface area contributed by atoms with E-state index < -0.39 is 11.4 Å². The van der Waals surface area contributed by atoms with E-state index in [1.54, 1.807) is 16.9 Å². The number of methoxy groups -OCH3 is 1. The number of likely N-dealkylation sites (tertiary alicyclic amines) is 1. The average molecular weight is 300 g/mol. The molecule has 0 spiro atoms. The van der Waals surface area contributed by atoms with E-state index >= 15 is 0 Å². The van der Waals surface area contributed by atoms with Crippen molar-refractivity contribution in [2.24, 2.45) is 5.41 Å². The lowest BCUT2D eigenvalue weighted by molar-refractivity contribution is -0.153. The number of carboxylic acid groups (broad SMARTS) is 1. The van der Waals surface area contributed by atoms with E-state index in [4.69, 9.17) is 9.47 Å². The molecule has 21 heavy (non-hydrogen) atoms. The quantitative estimate of drug-likeness (QED) is 0.824. The monoisotopic (exact) mass is 300 g/mol. The second kappa shape index (κ2) is 7.09. The number of carboxylic acids is 1. The first-order valence-electron chi connectivity index (χ1n) is 7.43. The van der Waals surface area contributed by atoms with Crippen LogP contribution in [0.15, 0.2) is 0 Å². The molecule has 0 aromatic heterocycles. The van der Waals surface area contributed by atoms with E-state index in [9.17, 15) is 14.7 Å². The van der Waals surface area contributed by atoms with Crippen LogP contribution in [0.4, 0.5) is 4.79 Å². The van der Waals surface area contributed by atoms with Gasteiger partial charge in [0.2, 0.25) is 0 Å². The van der Waals surface area contributed by atoms with Gasteiger partial charge in [-0.15, -0.1) is 0 Å². The van der Waals surface area contributed by atoms with Gasteiger partial charge in [-0.05, 0) is 19.3 Å². The van der Waals surface area contributed by atoms with E-state index in [2.05, 4.69) is 0 Å².